The van der Waals surface area contributed by atoms with Crippen molar-refractivity contribution in [2.75, 3.05) is 12.3 Å². The Bertz CT molecular complexity index is 695. The molecule has 2 aliphatic rings. The average Bonchev–Trinajstić information content (AvgIpc) is 2.59. The highest BCUT2D eigenvalue weighted by Gasteiger charge is 2.54. The second-order valence-electron chi connectivity index (χ2n) is 6.25. The minimum Gasteiger partial charge on any atom is -0.460 e. The van der Waals surface area contributed by atoms with E-state index in [0.717, 1.165) is 0 Å². The molecule has 2 saturated heterocycles. The molecule has 2 fully saturated rings. The lowest BCUT2D eigenvalue weighted by Gasteiger charge is -2.52. The number of thioether (sulfide) groups is 1. The predicted octanol–water partition coefficient (Wildman–Crippen LogP) is 0.887. The van der Waals surface area contributed by atoms with Crippen LogP contribution in [0.15, 0.2) is 24.3 Å². The Hall–Kier alpha value is -2.13. The Kier molecular flexibility index (Phi) is 4.22. The largest absolute Gasteiger partial charge is 0.460 e. The highest BCUT2D eigenvalue weighted by molar-refractivity contribution is 8.00. The molecule has 1 aromatic rings. The smallest absolute Gasteiger partial charge is 0.314 e. The SMILES string of the molecule is CC1(C(=O)OCc2ccc([N+](=O)[O-])cc2)CS[C@@H]2C(N)C(=O)N2C1. The van der Waals surface area contributed by atoms with E-state index in [9.17, 15) is 19.7 Å². The van der Waals surface area contributed by atoms with E-state index in [1.165, 1.54) is 23.9 Å². The molecule has 2 heterocycles. The third kappa shape index (κ3) is 2.84. The molecule has 1 aromatic carbocycles. The van der Waals surface area contributed by atoms with E-state index in [4.69, 9.17) is 10.5 Å². The normalized spacial score (nSPS) is 28.8. The van der Waals surface area contributed by atoms with Crippen molar-refractivity contribution in [3.63, 3.8) is 0 Å². The molecule has 3 rings (SSSR count). The maximum atomic E-state index is 12.4. The van der Waals surface area contributed by atoms with E-state index >= 15 is 0 Å². The highest BCUT2D eigenvalue weighted by Crippen LogP contribution is 2.41. The molecular formula is C15H17N3O5S. The lowest BCUT2D eigenvalue weighted by atomic mass is 9.89. The Morgan fingerprint density at radius 1 is 1.50 bits per heavy atom. The minimum absolute atomic E-state index is 0.0144. The number of rotatable bonds is 4. The van der Waals surface area contributed by atoms with Crippen LogP contribution in [-0.2, 0) is 20.9 Å². The van der Waals surface area contributed by atoms with Crippen molar-refractivity contribution < 1.29 is 19.2 Å². The van der Waals surface area contributed by atoms with Crippen LogP contribution in [0.4, 0.5) is 5.69 Å². The molecular weight excluding hydrogens is 334 g/mol. The van der Waals surface area contributed by atoms with Gasteiger partial charge in [0.2, 0.25) is 5.91 Å². The van der Waals surface area contributed by atoms with E-state index in [1.807, 2.05) is 0 Å². The van der Waals surface area contributed by atoms with Crippen molar-refractivity contribution in [1.29, 1.82) is 0 Å². The van der Waals surface area contributed by atoms with Gasteiger partial charge in [-0.15, -0.1) is 11.8 Å². The zero-order valence-electron chi connectivity index (χ0n) is 13.0. The maximum Gasteiger partial charge on any atom is 0.314 e. The maximum absolute atomic E-state index is 12.4. The summed E-state index contributed by atoms with van der Waals surface area (Å²) in [7, 11) is 0. The molecule has 0 spiro atoms. The van der Waals surface area contributed by atoms with Crippen molar-refractivity contribution in [2.45, 2.75) is 24.9 Å². The lowest BCUT2D eigenvalue weighted by Crippen LogP contribution is -2.71. The highest BCUT2D eigenvalue weighted by atomic mass is 32.2. The molecule has 3 atom stereocenters. The number of hydrogen-bond donors (Lipinski definition) is 1. The van der Waals surface area contributed by atoms with Crippen LogP contribution in [0.1, 0.15) is 12.5 Å². The van der Waals surface area contributed by atoms with Gasteiger partial charge in [-0.3, -0.25) is 19.7 Å². The second kappa shape index (κ2) is 6.06. The molecule has 128 valence electrons. The monoisotopic (exact) mass is 351 g/mol. The molecule has 8 nitrogen and oxygen atoms in total. The Morgan fingerprint density at radius 3 is 2.79 bits per heavy atom. The van der Waals surface area contributed by atoms with Gasteiger partial charge >= 0.3 is 5.97 Å². The Balaban J connectivity index is 1.58. The number of β-lactam (4-membered cyclic amide) rings is 1. The third-order valence-corrected chi connectivity index (χ3v) is 5.98. The summed E-state index contributed by atoms with van der Waals surface area (Å²) in [6, 6.07) is 5.36. The number of nitrogens with zero attached hydrogens (tertiary/aromatic N) is 2. The van der Waals surface area contributed by atoms with Crippen molar-refractivity contribution >= 4 is 29.3 Å². The number of carbonyl (C=O) groups excluding carboxylic acids is 2. The summed E-state index contributed by atoms with van der Waals surface area (Å²) in [6.07, 6.45) is 0. The minimum atomic E-state index is -0.780. The van der Waals surface area contributed by atoms with Gasteiger partial charge in [0.25, 0.3) is 5.69 Å². The van der Waals surface area contributed by atoms with Crippen molar-refractivity contribution in [2.24, 2.45) is 11.1 Å². The van der Waals surface area contributed by atoms with Crippen LogP contribution in [0.2, 0.25) is 0 Å². The number of esters is 1. The van der Waals surface area contributed by atoms with E-state index < -0.39 is 16.4 Å². The van der Waals surface area contributed by atoms with Crippen molar-refractivity contribution in [3.8, 4) is 0 Å². The van der Waals surface area contributed by atoms with Crippen molar-refractivity contribution in [1.82, 2.24) is 4.90 Å². The standard InChI is InChI=1S/C15H17N3O5S/c1-15(7-17-12(19)11(16)13(17)24-8-15)14(20)23-6-9-2-4-10(5-3-9)18(21)22/h2-5,11,13H,6-8,16H2,1H3/t11?,13-,15?/m1/s1. The number of nitrogens with two attached hydrogens (primary N) is 1. The van der Waals surface area contributed by atoms with Gasteiger partial charge in [0.05, 0.1) is 10.3 Å². The Labute approximate surface area is 142 Å². The van der Waals surface area contributed by atoms with Gasteiger partial charge in [-0.1, -0.05) is 0 Å². The van der Waals surface area contributed by atoms with Crippen LogP contribution in [0.25, 0.3) is 0 Å². The fourth-order valence-electron chi connectivity index (χ4n) is 2.76. The fourth-order valence-corrected chi connectivity index (χ4v) is 4.19. The molecule has 0 bridgehead atoms. The lowest BCUT2D eigenvalue weighted by molar-refractivity contribution is -0.384. The number of non-ortho nitro benzene ring substituents is 1. The van der Waals surface area contributed by atoms with Crippen LogP contribution >= 0.6 is 11.8 Å². The van der Waals surface area contributed by atoms with Crippen LogP contribution in [-0.4, -0.2) is 45.4 Å². The first-order valence-electron chi connectivity index (χ1n) is 7.40. The van der Waals surface area contributed by atoms with Crippen LogP contribution < -0.4 is 5.73 Å². The van der Waals surface area contributed by atoms with Gasteiger partial charge in [0.1, 0.15) is 18.0 Å². The molecule has 0 saturated carbocycles. The average molecular weight is 351 g/mol. The summed E-state index contributed by atoms with van der Waals surface area (Å²) in [5.41, 5.74) is 5.61. The summed E-state index contributed by atoms with van der Waals surface area (Å²) < 4.78 is 5.35. The molecule has 9 heteroatoms. The molecule has 2 aliphatic heterocycles. The predicted molar refractivity (Wildman–Crippen MR) is 86.9 cm³/mol. The van der Waals surface area contributed by atoms with E-state index in [1.54, 1.807) is 24.0 Å². The zero-order chi connectivity index (χ0) is 17.5. The first-order valence-corrected chi connectivity index (χ1v) is 8.45. The summed E-state index contributed by atoms with van der Waals surface area (Å²) in [5, 5.41) is 10.6. The number of carbonyl (C=O) groups is 2. The van der Waals surface area contributed by atoms with Gasteiger partial charge in [-0.2, -0.15) is 0 Å². The summed E-state index contributed by atoms with van der Waals surface area (Å²) >= 11 is 1.49. The third-order valence-electron chi connectivity index (χ3n) is 4.28. The molecule has 24 heavy (non-hydrogen) atoms. The van der Waals surface area contributed by atoms with E-state index in [2.05, 4.69) is 0 Å². The molecule has 0 radical (unpaired) electrons. The Morgan fingerprint density at radius 2 is 2.17 bits per heavy atom. The first-order chi connectivity index (χ1) is 11.3. The summed E-state index contributed by atoms with van der Waals surface area (Å²) in [4.78, 5) is 35.9. The molecule has 2 unspecified atom stereocenters. The molecule has 1 amide bonds. The fraction of sp³-hybridized carbons (Fsp3) is 0.467. The summed E-state index contributed by atoms with van der Waals surface area (Å²) in [5.74, 6) is 0.00972. The van der Waals surface area contributed by atoms with Crippen LogP contribution in [0.3, 0.4) is 0 Å². The van der Waals surface area contributed by atoms with Crippen LogP contribution in [0, 0.1) is 15.5 Å². The molecule has 0 aromatic heterocycles. The number of nitro groups is 1. The molecule has 2 N–H and O–H groups in total. The van der Waals surface area contributed by atoms with Gasteiger partial charge in [0, 0.05) is 24.4 Å². The van der Waals surface area contributed by atoms with Gasteiger partial charge in [0.15, 0.2) is 0 Å². The molecule has 0 aliphatic carbocycles. The number of amides is 1. The number of hydrogen-bond acceptors (Lipinski definition) is 7. The second-order valence-corrected chi connectivity index (χ2v) is 7.36. The van der Waals surface area contributed by atoms with Crippen LogP contribution in [0.5, 0.6) is 0 Å². The van der Waals surface area contributed by atoms with Gasteiger partial charge < -0.3 is 15.4 Å². The van der Waals surface area contributed by atoms with Crippen molar-refractivity contribution in [3.05, 3.63) is 39.9 Å². The van der Waals surface area contributed by atoms with E-state index in [0.29, 0.717) is 17.9 Å². The van der Waals surface area contributed by atoms with Gasteiger partial charge in [-0.05, 0) is 24.6 Å². The number of benzene rings is 1. The number of ether oxygens (including phenoxy) is 1. The quantitative estimate of drug-likeness (QED) is 0.370. The number of fused-ring (bicyclic) bond motifs is 1. The van der Waals surface area contributed by atoms with E-state index in [-0.39, 0.29) is 29.5 Å². The topological polar surface area (TPSA) is 116 Å². The van der Waals surface area contributed by atoms with Gasteiger partial charge in [-0.25, -0.2) is 0 Å². The zero-order valence-corrected chi connectivity index (χ0v) is 13.8. The summed E-state index contributed by atoms with van der Waals surface area (Å²) in [6.45, 7) is 2.11. The number of nitro benzene ring substituents is 1. The first kappa shape index (κ1) is 16.7.